The number of hydrogen-bond acceptors (Lipinski definition) is 3. The Labute approximate surface area is 120 Å². The largest absolute Gasteiger partial charge is 0.372 e. The lowest BCUT2D eigenvalue weighted by Crippen LogP contribution is -2.31. The number of hydrogen-bond donors (Lipinski definition) is 2. The van der Waals surface area contributed by atoms with E-state index in [0.717, 1.165) is 25.2 Å². The molecule has 0 heterocycles. The number of thiocarbonyl (C=S) groups is 1. The average molecular weight is 278 g/mol. The van der Waals surface area contributed by atoms with Gasteiger partial charge in [-0.1, -0.05) is 12.1 Å². The highest BCUT2D eigenvalue weighted by atomic mass is 32.1. The minimum atomic E-state index is 0.540. The summed E-state index contributed by atoms with van der Waals surface area (Å²) in [7, 11) is 0. The maximum absolute atomic E-state index is 5.01. The molecule has 0 unspecified atom stereocenters. The minimum Gasteiger partial charge on any atom is -0.372 e. The molecule has 0 saturated carbocycles. The van der Waals surface area contributed by atoms with Crippen molar-refractivity contribution in [1.29, 1.82) is 0 Å². The molecule has 1 aromatic carbocycles. The summed E-state index contributed by atoms with van der Waals surface area (Å²) in [4.78, 5) is 2.31. The molecule has 0 saturated heterocycles. The maximum atomic E-state index is 5.01. The molecular weight excluding hydrogens is 256 g/mol. The van der Waals surface area contributed by atoms with Gasteiger partial charge in [0.25, 0.3) is 0 Å². The number of anilines is 1. The first-order valence-corrected chi connectivity index (χ1v) is 7.04. The Bertz CT molecular complexity index is 410. The average Bonchev–Trinajstić information content (AvgIpc) is 2.42. The van der Waals surface area contributed by atoms with Gasteiger partial charge in [-0.3, -0.25) is 5.43 Å². The van der Waals surface area contributed by atoms with Gasteiger partial charge in [0.15, 0.2) is 5.11 Å². The van der Waals surface area contributed by atoms with E-state index in [2.05, 4.69) is 58.9 Å². The summed E-state index contributed by atoms with van der Waals surface area (Å²) in [5.74, 6) is 0. The molecule has 0 radical (unpaired) electrons. The molecule has 0 aliphatic carbocycles. The summed E-state index contributed by atoms with van der Waals surface area (Å²) < 4.78 is 0. The lowest BCUT2D eigenvalue weighted by Gasteiger charge is -2.20. The molecule has 0 amide bonds. The van der Waals surface area contributed by atoms with Crippen LogP contribution in [0.2, 0.25) is 0 Å². The predicted octanol–water partition coefficient (Wildman–Crippen LogP) is 2.35. The van der Waals surface area contributed by atoms with E-state index in [1.807, 2.05) is 6.92 Å². The van der Waals surface area contributed by atoms with Gasteiger partial charge < -0.3 is 10.2 Å². The topological polar surface area (TPSA) is 39.7 Å². The van der Waals surface area contributed by atoms with Crippen molar-refractivity contribution in [2.24, 2.45) is 5.10 Å². The fourth-order valence-electron chi connectivity index (χ4n) is 1.73. The van der Waals surface area contributed by atoms with E-state index in [1.165, 1.54) is 5.69 Å². The zero-order chi connectivity index (χ0) is 14.1. The van der Waals surface area contributed by atoms with Gasteiger partial charge in [0, 0.05) is 25.3 Å². The standard InChI is InChI=1S/C14H22N4S/c1-4-15-14(19)17-16-11-12-7-9-13(10-8-12)18(5-2)6-3/h7-11H,4-6H2,1-3H3,(H2,15,17,19). The Morgan fingerprint density at radius 3 is 2.37 bits per heavy atom. The molecule has 5 heteroatoms. The van der Waals surface area contributed by atoms with Crippen molar-refractivity contribution in [3.8, 4) is 0 Å². The smallest absolute Gasteiger partial charge is 0.186 e. The van der Waals surface area contributed by atoms with Crippen molar-refractivity contribution < 1.29 is 0 Å². The van der Waals surface area contributed by atoms with Crippen LogP contribution in [0.1, 0.15) is 26.3 Å². The molecule has 0 atom stereocenters. The number of nitrogens with zero attached hydrogens (tertiary/aromatic N) is 2. The quantitative estimate of drug-likeness (QED) is 0.476. The normalized spacial score (nSPS) is 10.5. The van der Waals surface area contributed by atoms with Crippen LogP contribution in [0.5, 0.6) is 0 Å². The van der Waals surface area contributed by atoms with Crippen LogP contribution in [-0.4, -0.2) is 31.0 Å². The van der Waals surface area contributed by atoms with Crippen LogP contribution >= 0.6 is 12.2 Å². The van der Waals surface area contributed by atoms with Crippen molar-refractivity contribution in [3.63, 3.8) is 0 Å². The third kappa shape index (κ3) is 5.26. The van der Waals surface area contributed by atoms with Crippen molar-refractivity contribution in [3.05, 3.63) is 29.8 Å². The van der Waals surface area contributed by atoms with Crippen LogP contribution in [0.3, 0.4) is 0 Å². The Hall–Kier alpha value is -1.62. The van der Waals surface area contributed by atoms with E-state index < -0.39 is 0 Å². The second-order valence-corrected chi connectivity index (χ2v) is 4.40. The first kappa shape index (κ1) is 15.4. The van der Waals surface area contributed by atoms with Gasteiger partial charge in [0.1, 0.15) is 0 Å². The van der Waals surface area contributed by atoms with Crippen molar-refractivity contribution in [2.75, 3.05) is 24.5 Å². The Balaban J connectivity index is 2.57. The van der Waals surface area contributed by atoms with Crippen LogP contribution < -0.4 is 15.6 Å². The van der Waals surface area contributed by atoms with Crippen LogP contribution in [-0.2, 0) is 0 Å². The van der Waals surface area contributed by atoms with Gasteiger partial charge in [-0.05, 0) is 50.7 Å². The van der Waals surface area contributed by atoms with Gasteiger partial charge >= 0.3 is 0 Å². The van der Waals surface area contributed by atoms with Crippen molar-refractivity contribution >= 4 is 29.2 Å². The van der Waals surface area contributed by atoms with Gasteiger partial charge in [-0.15, -0.1) is 0 Å². The first-order valence-electron chi connectivity index (χ1n) is 6.63. The lowest BCUT2D eigenvalue weighted by molar-refractivity contribution is 0.866. The maximum Gasteiger partial charge on any atom is 0.186 e. The van der Waals surface area contributed by atoms with E-state index in [4.69, 9.17) is 12.2 Å². The van der Waals surface area contributed by atoms with E-state index in [-0.39, 0.29) is 0 Å². The number of benzene rings is 1. The molecule has 0 aromatic heterocycles. The zero-order valence-electron chi connectivity index (χ0n) is 11.8. The highest BCUT2D eigenvalue weighted by Crippen LogP contribution is 2.13. The number of hydrazone groups is 1. The van der Waals surface area contributed by atoms with E-state index in [1.54, 1.807) is 6.21 Å². The van der Waals surface area contributed by atoms with Gasteiger partial charge in [0.05, 0.1) is 6.21 Å². The fraction of sp³-hybridized carbons (Fsp3) is 0.429. The molecule has 2 N–H and O–H groups in total. The Morgan fingerprint density at radius 1 is 1.21 bits per heavy atom. The third-order valence-electron chi connectivity index (χ3n) is 2.74. The summed E-state index contributed by atoms with van der Waals surface area (Å²) in [5, 5.41) is 7.59. The second-order valence-electron chi connectivity index (χ2n) is 3.99. The highest BCUT2D eigenvalue weighted by Gasteiger charge is 2.00. The molecular formula is C14H22N4S. The van der Waals surface area contributed by atoms with Crippen LogP contribution in [0.15, 0.2) is 29.4 Å². The highest BCUT2D eigenvalue weighted by molar-refractivity contribution is 7.80. The fourth-order valence-corrected chi connectivity index (χ4v) is 1.92. The van der Waals surface area contributed by atoms with Gasteiger partial charge in [-0.2, -0.15) is 5.10 Å². The van der Waals surface area contributed by atoms with Crippen LogP contribution in [0.4, 0.5) is 5.69 Å². The van der Waals surface area contributed by atoms with Crippen molar-refractivity contribution in [2.45, 2.75) is 20.8 Å². The first-order chi connectivity index (χ1) is 9.21. The van der Waals surface area contributed by atoms with Gasteiger partial charge in [-0.25, -0.2) is 0 Å². The Kier molecular flexibility index (Phi) is 6.89. The summed E-state index contributed by atoms with van der Waals surface area (Å²) in [6.45, 7) is 9.13. The molecule has 19 heavy (non-hydrogen) atoms. The number of nitrogens with one attached hydrogen (secondary N) is 2. The SMILES string of the molecule is CCNC(=S)NN=Cc1ccc(N(CC)CC)cc1. The molecule has 4 nitrogen and oxygen atoms in total. The third-order valence-corrected chi connectivity index (χ3v) is 2.97. The van der Waals surface area contributed by atoms with Crippen LogP contribution in [0.25, 0.3) is 0 Å². The monoisotopic (exact) mass is 278 g/mol. The lowest BCUT2D eigenvalue weighted by atomic mass is 10.2. The number of rotatable bonds is 6. The van der Waals surface area contributed by atoms with Gasteiger partial charge in [0.2, 0.25) is 0 Å². The molecule has 0 aliphatic rings. The zero-order valence-corrected chi connectivity index (χ0v) is 12.6. The van der Waals surface area contributed by atoms with Crippen LogP contribution in [0, 0.1) is 0 Å². The molecule has 1 rings (SSSR count). The molecule has 0 aliphatic heterocycles. The van der Waals surface area contributed by atoms with Crippen molar-refractivity contribution in [1.82, 2.24) is 10.7 Å². The van der Waals surface area contributed by atoms with E-state index in [9.17, 15) is 0 Å². The molecule has 104 valence electrons. The molecule has 1 aromatic rings. The molecule has 0 bridgehead atoms. The second kappa shape index (κ2) is 8.48. The van der Waals surface area contributed by atoms with E-state index >= 15 is 0 Å². The molecule has 0 fully saturated rings. The molecule has 0 spiro atoms. The summed E-state index contributed by atoms with van der Waals surface area (Å²) >= 11 is 5.01. The summed E-state index contributed by atoms with van der Waals surface area (Å²) in [6, 6.07) is 8.32. The summed E-state index contributed by atoms with van der Waals surface area (Å²) in [6.07, 6.45) is 1.76. The Morgan fingerprint density at radius 2 is 1.84 bits per heavy atom. The van der Waals surface area contributed by atoms with E-state index in [0.29, 0.717) is 5.11 Å². The predicted molar refractivity (Wildman–Crippen MR) is 87.0 cm³/mol. The minimum absolute atomic E-state index is 0.540. The summed E-state index contributed by atoms with van der Waals surface area (Å²) in [5.41, 5.74) is 5.05.